The van der Waals surface area contributed by atoms with Crippen molar-refractivity contribution in [2.45, 2.75) is 6.42 Å². The number of aromatic nitrogens is 1. The molecule has 2 aromatic carbocycles. The first-order chi connectivity index (χ1) is 11.2. The first-order valence-corrected chi connectivity index (χ1v) is 7.08. The van der Waals surface area contributed by atoms with Crippen molar-refractivity contribution >= 4 is 17.7 Å². The molecule has 1 aromatic heterocycles. The van der Waals surface area contributed by atoms with Gasteiger partial charge in [0.05, 0.1) is 0 Å². The fourth-order valence-corrected chi connectivity index (χ4v) is 2.12. The van der Waals surface area contributed by atoms with Gasteiger partial charge in [0.25, 0.3) is 0 Å². The Balaban J connectivity index is 1.86. The van der Waals surface area contributed by atoms with Gasteiger partial charge in [0, 0.05) is 12.0 Å². The molecule has 0 unspecified atom stereocenters. The van der Waals surface area contributed by atoms with Crippen LogP contribution in [0.25, 0.3) is 11.3 Å². The number of nitrogens with zero attached hydrogens (tertiary/aromatic N) is 2. The van der Waals surface area contributed by atoms with E-state index < -0.39 is 5.97 Å². The molecular formula is C18H14N2O3. The molecule has 0 bridgehead atoms. The van der Waals surface area contributed by atoms with Crippen molar-refractivity contribution < 1.29 is 14.3 Å². The zero-order chi connectivity index (χ0) is 16.1. The predicted octanol–water partition coefficient (Wildman–Crippen LogP) is 3.74. The number of rotatable bonds is 5. The first-order valence-electron chi connectivity index (χ1n) is 7.08. The van der Waals surface area contributed by atoms with Gasteiger partial charge in [0.2, 0.25) is 0 Å². The zero-order valence-corrected chi connectivity index (χ0v) is 12.2. The standard InChI is InChI=1S/C18H14N2O3/c21-17(22)15(11-13-7-3-1-4-8-13)19-18-20-16(12-23-18)14-9-5-2-6-10-14/h1-10,12H,11H2,(H,21,22)/b19-15+. The summed E-state index contributed by atoms with van der Waals surface area (Å²) in [6.45, 7) is 0. The molecule has 5 nitrogen and oxygen atoms in total. The number of oxazole rings is 1. The van der Waals surface area contributed by atoms with Crippen LogP contribution in [0.4, 0.5) is 6.01 Å². The third kappa shape index (κ3) is 3.71. The van der Waals surface area contributed by atoms with Gasteiger partial charge in [-0.05, 0) is 5.56 Å². The summed E-state index contributed by atoms with van der Waals surface area (Å²) in [5.41, 5.74) is 2.35. The van der Waals surface area contributed by atoms with Crippen LogP contribution in [-0.2, 0) is 11.2 Å². The van der Waals surface area contributed by atoms with Gasteiger partial charge < -0.3 is 9.52 Å². The molecule has 0 radical (unpaired) electrons. The fourth-order valence-electron chi connectivity index (χ4n) is 2.12. The number of carboxylic acids is 1. The van der Waals surface area contributed by atoms with Crippen molar-refractivity contribution in [3.8, 4) is 11.3 Å². The number of aliphatic carboxylic acids is 1. The largest absolute Gasteiger partial charge is 0.477 e. The van der Waals surface area contributed by atoms with Crippen LogP contribution in [0.5, 0.6) is 0 Å². The highest BCUT2D eigenvalue weighted by atomic mass is 16.4. The lowest BCUT2D eigenvalue weighted by atomic mass is 10.1. The van der Waals surface area contributed by atoms with E-state index in [0.29, 0.717) is 5.69 Å². The molecule has 0 fully saturated rings. The van der Waals surface area contributed by atoms with Crippen LogP contribution in [0, 0.1) is 0 Å². The van der Waals surface area contributed by atoms with E-state index in [1.54, 1.807) is 0 Å². The molecule has 0 saturated carbocycles. The molecule has 0 aliphatic carbocycles. The molecule has 0 aliphatic rings. The van der Waals surface area contributed by atoms with Crippen molar-refractivity contribution in [2.75, 3.05) is 0 Å². The molecule has 0 atom stereocenters. The van der Waals surface area contributed by atoms with Crippen LogP contribution < -0.4 is 0 Å². The number of aliphatic imine (C=N–C) groups is 1. The lowest BCUT2D eigenvalue weighted by Crippen LogP contribution is -2.15. The van der Waals surface area contributed by atoms with Gasteiger partial charge in [-0.2, -0.15) is 9.98 Å². The summed E-state index contributed by atoms with van der Waals surface area (Å²) in [5.74, 6) is -1.09. The molecular weight excluding hydrogens is 292 g/mol. The van der Waals surface area contributed by atoms with Gasteiger partial charge in [-0.25, -0.2) is 4.79 Å². The Labute approximate surface area is 133 Å². The summed E-state index contributed by atoms with van der Waals surface area (Å²) in [6, 6.07) is 18.8. The van der Waals surface area contributed by atoms with Crippen LogP contribution in [-0.4, -0.2) is 21.8 Å². The molecule has 1 heterocycles. The quantitative estimate of drug-likeness (QED) is 0.728. The maximum Gasteiger partial charge on any atom is 0.350 e. The Morgan fingerprint density at radius 3 is 2.35 bits per heavy atom. The molecule has 3 rings (SSSR count). The Kier molecular flexibility index (Phi) is 4.29. The average Bonchev–Trinajstić information content (AvgIpc) is 3.04. The van der Waals surface area contributed by atoms with E-state index in [1.807, 2.05) is 60.7 Å². The molecule has 0 aliphatic heterocycles. The van der Waals surface area contributed by atoms with Crippen molar-refractivity contribution in [1.82, 2.24) is 4.98 Å². The second-order valence-electron chi connectivity index (χ2n) is 4.91. The first kappa shape index (κ1) is 14.7. The third-order valence-electron chi connectivity index (χ3n) is 3.25. The topological polar surface area (TPSA) is 75.7 Å². The second-order valence-corrected chi connectivity index (χ2v) is 4.91. The molecule has 0 spiro atoms. The summed E-state index contributed by atoms with van der Waals surface area (Å²) in [7, 11) is 0. The van der Waals surface area contributed by atoms with E-state index in [-0.39, 0.29) is 18.1 Å². The van der Waals surface area contributed by atoms with Gasteiger partial charge in [0.15, 0.2) is 0 Å². The van der Waals surface area contributed by atoms with Crippen LogP contribution in [0.15, 0.2) is 76.3 Å². The van der Waals surface area contributed by atoms with E-state index in [2.05, 4.69) is 9.98 Å². The Morgan fingerprint density at radius 2 is 1.70 bits per heavy atom. The predicted molar refractivity (Wildman–Crippen MR) is 86.8 cm³/mol. The van der Waals surface area contributed by atoms with E-state index in [1.165, 1.54) is 6.26 Å². The fraction of sp³-hybridized carbons (Fsp3) is 0.0556. The molecule has 0 amide bonds. The highest BCUT2D eigenvalue weighted by molar-refractivity contribution is 6.36. The van der Waals surface area contributed by atoms with Crippen molar-refractivity contribution in [1.29, 1.82) is 0 Å². The maximum atomic E-state index is 11.4. The summed E-state index contributed by atoms with van der Waals surface area (Å²) in [6.07, 6.45) is 1.68. The van der Waals surface area contributed by atoms with Crippen LogP contribution in [0.1, 0.15) is 5.56 Å². The number of hydrogen-bond donors (Lipinski definition) is 1. The van der Waals surface area contributed by atoms with Gasteiger partial charge in [-0.1, -0.05) is 60.7 Å². The molecule has 0 saturated heterocycles. The highest BCUT2D eigenvalue weighted by Gasteiger charge is 2.13. The highest BCUT2D eigenvalue weighted by Crippen LogP contribution is 2.22. The number of benzene rings is 2. The molecule has 23 heavy (non-hydrogen) atoms. The minimum atomic E-state index is -1.09. The van der Waals surface area contributed by atoms with Gasteiger partial charge >= 0.3 is 12.0 Å². The minimum absolute atomic E-state index is 0.0161. The lowest BCUT2D eigenvalue weighted by Gasteiger charge is -2.00. The van der Waals surface area contributed by atoms with Crippen LogP contribution in [0.2, 0.25) is 0 Å². The number of carbonyl (C=O) groups is 1. The molecule has 114 valence electrons. The molecule has 5 heteroatoms. The van der Waals surface area contributed by atoms with Crippen molar-refractivity contribution in [3.05, 3.63) is 72.5 Å². The molecule has 3 aromatic rings. The summed E-state index contributed by atoms with van der Waals surface area (Å²) in [4.78, 5) is 19.7. The van der Waals surface area contributed by atoms with Crippen molar-refractivity contribution in [3.63, 3.8) is 0 Å². The zero-order valence-electron chi connectivity index (χ0n) is 12.2. The summed E-state index contributed by atoms with van der Waals surface area (Å²) in [5, 5.41) is 9.32. The Morgan fingerprint density at radius 1 is 1.04 bits per heavy atom. The number of carboxylic acid groups (broad SMARTS) is 1. The number of hydrogen-bond acceptors (Lipinski definition) is 4. The van der Waals surface area contributed by atoms with E-state index in [9.17, 15) is 9.90 Å². The van der Waals surface area contributed by atoms with Gasteiger partial charge in [0.1, 0.15) is 17.7 Å². The SMILES string of the molecule is O=C(O)/C(Cc1ccccc1)=N/c1nc(-c2ccccc2)co1. The van der Waals surface area contributed by atoms with Gasteiger partial charge in [-0.15, -0.1) is 0 Å². The Hall–Kier alpha value is -3.21. The molecule has 1 N–H and O–H groups in total. The van der Waals surface area contributed by atoms with E-state index in [0.717, 1.165) is 11.1 Å². The summed E-state index contributed by atoms with van der Waals surface area (Å²) < 4.78 is 5.28. The minimum Gasteiger partial charge on any atom is -0.477 e. The van der Waals surface area contributed by atoms with E-state index >= 15 is 0 Å². The van der Waals surface area contributed by atoms with Crippen LogP contribution in [0.3, 0.4) is 0 Å². The normalized spacial score (nSPS) is 11.4. The monoisotopic (exact) mass is 306 g/mol. The maximum absolute atomic E-state index is 11.4. The van der Waals surface area contributed by atoms with Crippen LogP contribution >= 0.6 is 0 Å². The summed E-state index contributed by atoms with van der Waals surface area (Å²) >= 11 is 0. The van der Waals surface area contributed by atoms with Crippen molar-refractivity contribution in [2.24, 2.45) is 4.99 Å². The second kappa shape index (κ2) is 6.70. The average molecular weight is 306 g/mol. The lowest BCUT2D eigenvalue weighted by molar-refractivity contribution is -0.129. The smallest absolute Gasteiger partial charge is 0.350 e. The Bertz CT molecular complexity index is 824. The van der Waals surface area contributed by atoms with Gasteiger partial charge in [-0.3, -0.25) is 0 Å². The van der Waals surface area contributed by atoms with E-state index in [4.69, 9.17) is 4.42 Å². The third-order valence-corrected chi connectivity index (χ3v) is 3.25.